The molecule has 0 saturated carbocycles. The van der Waals surface area contributed by atoms with E-state index in [0.29, 0.717) is 34.5 Å². The molecule has 4 aromatic carbocycles. The molecule has 6 heteroatoms. The summed E-state index contributed by atoms with van der Waals surface area (Å²) in [6.45, 7) is 2.71. The molecule has 0 unspecified atom stereocenters. The van der Waals surface area contributed by atoms with E-state index in [1.165, 1.54) is 13.8 Å². The van der Waals surface area contributed by atoms with E-state index in [9.17, 15) is 9.59 Å². The van der Waals surface area contributed by atoms with Crippen LogP contribution in [0.2, 0.25) is 0 Å². The zero-order chi connectivity index (χ0) is 23.9. The molecule has 0 amide bonds. The number of rotatable bonds is 7. The zero-order valence-electron chi connectivity index (χ0n) is 18.7. The lowest BCUT2D eigenvalue weighted by Crippen LogP contribution is -2.01. The fraction of sp³-hybridized carbons (Fsp3) is 0.0714. The van der Waals surface area contributed by atoms with E-state index in [1.807, 2.05) is 48.5 Å². The predicted molar refractivity (Wildman–Crippen MR) is 128 cm³/mol. The molecule has 0 aliphatic carbocycles. The van der Waals surface area contributed by atoms with Gasteiger partial charge in [0.15, 0.2) is 0 Å². The van der Waals surface area contributed by atoms with E-state index >= 15 is 0 Å². The molecule has 0 spiro atoms. The molecule has 0 atom stereocenters. The molecule has 0 bridgehead atoms. The summed E-state index contributed by atoms with van der Waals surface area (Å²) < 4.78 is 22.4. The van der Waals surface area contributed by atoms with Crippen molar-refractivity contribution in [1.29, 1.82) is 0 Å². The fourth-order valence-electron chi connectivity index (χ4n) is 3.29. The van der Waals surface area contributed by atoms with Crippen LogP contribution in [0.1, 0.15) is 13.8 Å². The van der Waals surface area contributed by atoms with Gasteiger partial charge in [0.05, 0.1) is 0 Å². The Hall–Kier alpha value is -4.58. The SMILES string of the molecule is CC(=O)Oc1ccc(Oc2ccccc2-c2ccccc2Oc2ccc(OC(C)=O)cc2)cc1. The van der Waals surface area contributed by atoms with Gasteiger partial charge in [0.1, 0.15) is 34.5 Å². The third-order valence-electron chi connectivity index (χ3n) is 4.69. The maximum Gasteiger partial charge on any atom is 0.308 e. The summed E-state index contributed by atoms with van der Waals surface area (Å²) >= 11 is 0. The van der Waals surface area contributed by atoms with Crippen molar-refractivity contribution in [1.82, 2.24) is 0 Å². The van der Waals surface area contributed by atoms with Crippen molar-refractivity contribution in [2.75, 3.05) is 0 Å². The average Bonchev–Trinajstić information content (AvgIpc) is 2.82. The summed E-state index contributed by atoms with van der Waals surface area (Å²) in [4.78, 5) is 22.3. The van der Waals surface area contributed by atoms with Gasteiger partial charge in [-0.15, -0.1) is 0 Å². The van der Waals surface area contributed by atoms with Crippen molar-refractivity contribution in [2.45, 2.75) is 13.8 Å². The van der Waals surface area contributed by atoms with Crippen LogP contribution in [0.25, 0.3) is 11.1 Å². The molecule has 34 heavy (non-hydrogen) atoms. The highest BCUT2D eigenvalue weighted by Gasteiger charge is 2.13. The van der Waals surface area contributed by atoms with Crippen LogP contribution in [0.4, 0.5) is 0 Å². The molecule has 0 N–H and O–H groups in total. The Bertz CT molecular complexity index is 1190. The van der Waals surface area contributed by atoms with E-state index in [-0.39, 0.29) is 11.9 Å². The van der Waals surface area contributed by atoms with Gasteiger partial charge in [-0.05, 0) is 60.7 Å². The number of esters is 2. The monoisotopic (exact) mass is 454 g/mol. The summed E-state index contributed by atoms with van der Waals surface area (Å²) in [6.07, 6.45) is 0. The zero-order valence-corrected chi connectivity index (χ0v) is 18.7. The molecule has 170 valence electrons. The Morgan fingerprint density at radius 1 is 0.471 bits per heavy atom. The normalized spacial score (nSPS) is 10.3. The minimum Gasteiger partial charge on any atom is -0.457 e. The molecule has 0 aliphatic heterocycles. The van der Waals surface area contributed by atoms with E-state index in [0.717, 1.165) is 11.1 Å². The lowest BCUT2D eigenvalue weighted by Gasteiger charge is -2.15. The highest BCUT2D eigenvalue weighted by molar-refractivity contribution is 5.76. The molecular weight excluding hydrogens is 432 g/mol. The highest BCUT2D eigenvalue weighted by atomic mass is 16.5. The number of ether oxygens (including phenoxy) is 4. The number of para-hydroxylation sites is 2. The summed E-state index contributed by atoms with van der Waals surface area (Å²) in [7, 11) is 0. The van der Waals surface area contributed by atoms with E-state index in [1.54, 1.807) is 48.5 Å². The number of carbonyl (C=O) groups is 2. The van der Waals surface area contributed by atoms with Gasteiger partial charge in [0.2, 0.25) is 0 Å². The lowest BCUT2D eigenvalue weighted by atomic mass is 10.0. The third kappa shape index (κ3) is 5.81. The maximum atomic E-state index is 11.1. The number of hydrogen-bond acceptors (Lipinski definition) is 6. The topological polar surface area (TPSA) is 71.1 Å². The van der Waals surface area contributed by atoms with Crippen molar-refractivity contribution in [3.8, 4) is 45.6 Å². The largest absolute Gasteiger partial charge is 0.457 e. The smallest absolute Gasteiger partial charge is 0.308 e. The minimum absolute atomic E-state index is 0.378. The Labute approximate surface area is 197 Å². The Balaban J connectivity index is 1.59. The van der Waals surface area contributed by atoms with E-state index in [2.05, 4.69) is 0 Å². The fourth-order valence-corrected chi connectivity index (χ4v) is 3.29. The van der Waals surface area contributed by atoms with Crippen LogP contribution in [0, 0.1) is 0 Å². The van der Waals surface area contributed by atoms with Crippen molar-refractivity contribution < 1.29 is 28.5 Å². The van der Waals surface area contributed by atoms with Crippen LogP contribution in [0.3, 0.4) is 0 Å². The first-order valence-corrected chi connectivity index (χ1v) is 10.6. The predicted octanol–water partition coefficient (Wildman–Crippen LogP) is 6.79. The summed E-state index contributed by atoms with van der Waals surface area (Å²) in [6, 6.07) is 29.0. The first-order chi connectivity index (χ1) is 16.5. The van der Waals surface area contributed by atoms with Crippen molar-refractivity contribution >= 4 is 11.9 Å². The molecule has 4 rings (SSSR count). The van der Waals surface area contributed by atoms with Gasteiger partial charge in [-0.2, -0.15) is 0 Å². The summed E-state index contributed by atoms with van der Waals surface area (Å²) in [5.74, 6) is 2.63. The number of benzene rings is 4. The molecule has 0 heterocycles. The van der Waals surface area contributed by atoms with Gasteiger partial charge in [-0.1, -0.05) is 36.4 Å². The summed E-state index contributed by atoms with van der Waals surface area (Å²) in [5, 5.41) is 0. The van der Waals surface area contributed by atoms with Crippen LogP contribution in [-0.4, -0.2) is 11.9 Å². The van der Waals surface area contributed by atoms with E-state index < -0.39 is 0 Å². The van der Waals surface area contributed by atoms with Crippen LogP contribution >= 0.6 is 0 Å². The standard InChI is InChI=1S/C28H22O6/c1-19(29)31-21-11-15-23(16-12-21)33-27-9-5-3-7-25(27)26-8-4-6-10-28(26)34-24-17-13-22(14-18-24)32-20(2)30/h3-18H,1-2H3. The third-order valence-corrected chi connectivity index (χ3v) is 4.69. The van der Waals surface area contributed by atoms with E-state index in [4.69, 9.17) is 18.9 Å². The van der Waals surface area contributed by atoms with Gasteiger partial charge in [0, 0.05) is 25.0 Å². The van der Waals surface area contributed by atoms with Crippen molar-refractivity contribution in [3.63, 3.8) is 0 Å². The van der Waals surface area contributed by atoms with Crippen LogP contribution < -0.4 is 18.9 Å². The molecule has 0 saturated heterocycles. The molecule has 4 aromatic rings. The second-order valence-electron chi connectivity index (χ2n) is 7.33. The van der Waals surface area contributed by atoms with Gasteiger partial charge in [-0.3, -0.25) is 9.59 Å². The molecule has 6 nitrogen and oxygen atoms in total. The second-order valence-corrected chi connectivity index (χ2v) is 7.33. The molecule has 0 aliphatic rings. The minimum atomic E-state index is -0.378. The van der Waals surface area contributed by atoms with Crippen LogP contribution in [0.15, 0.2) is 97.1 Å². The second kappa shape index (κ2) is 10.4. The quantitative estimate of drug-likeness (QED) is 0.226. The van der Waals surface area contributed by atoms with Gasteiger partial charge < -0.3 is 18.9 Å². The van der Waals surface area contributed by atoms with Gasteiger partial charge >= 0.3 is 11.9 Å². The lowest BCUT2D eigenvalue weighted by molar-refractivity contribution is -0.132. The van der Waals surface area contributed by atoms with Crippen LogP contribution in [-0.2, 0) is 9.59 Å². The number of hydrogen-bond donors (Lipinski definition) is 0. The van der Waals surface area contributed by atoms with Crippen molar-refractivity contribution in [2.24, 2.45) is 0 Å². The van der Waals surface area contributed by atoms with Gasteiger partial charge in [-0.25, -0.2) is 0 Å². The molecule has 0 aromatic heterocycles. The Kier molecular flexibility index (Phi) is 6.89. The molecular formula is C28H22O6. The highest BCUT2D eigenvalue weighted by Crippen LogP contribution is 2.40. The first-order valence-electron chi connectivity index (χ1n) is 10.6. The maximum absolute atomic E-state index is 11.1. The van der Waals surface area contributed by atoms with Crippen molar-refractivity contribution in [3.05, 3.63) is 97.1 Å². The average molecular weight is 454 g/mol. The van der Waals surface area contributed by atoms with Crippen LogP contribution in [0.5, 0.6) is 34.5 Å². The summed E-state index contributed by atoms with van der Waals surface area (Å²) in [5.41, 5.74) is 1.69. The number of carbonyl (C=O) groups excluding carboxylic acids is 2. The Morgan fingerprint density at radius 2 is 0.794 bits per heavy atom. The Morgan fingerprint density at radius 3 is 1.15 bits per heavy atom. The molecule has 0 radical (unpaired) electrons. The van der Waals surface area contributed by atoms with Gasteiger partial charge in [0.25, 0.3) is 0 Å². The first kappa shape index (κ1) is 22.6. The molecule has 0 fully saturated rings.